The molecule has 0 amide bonds. The van der Waals surface area contributed by atoms with Crippen molar-refractivity contribution in [1.29, 1.82) is 0 Å². The molecular weight excluding hydrogens is 222 g/mol. The Balaban J connectivity index is 3.46. The van der Waals surface area contributed by atoms with Gasteiger partial charge in [-0.25, -0.2) is 0 Å². The van der Waals surface area contributed by atoms with Crippen LogP contribution in [0.4, 0.5) is 5.69 Å². The predicted molar refractivity (Wildman–Crippen MR) is 63.0 cm³/mol. The second-order valence-corrected chi connectivity index (χ2v) is 4.32. The highest BCUT2D eigenvalue weighted by Gasteiger charge is 2.31. The fourth-order valence-corrected chi connectivity index (χ4v) is 1.97. The van der Waals surface area contributed by atoms with Gasteiger partial charge in [-0.3, -0.25) is 14.9 Å². The fourth-order valence-electron chi connectivity index (χ4n) is 1.97. The monoisotopic (exact) mass is 237 g/mol. The summed E-state index contributed by atoms with van der Waals surface area (Å²) in [6.07, 6.45) is 0. The minimum absolute atomic E-state index is 0.119. The van der Waals surface area contributed by atoms with E-state index in [1.165, 1.54) is 6.07 Å². The topological polar surface area (TPSA) is 80.4 Å². The first-order chi connectivity index (χ1) is 7.86. The van der Waals surface area contributed by atoms with Crippen molar-refractivity contribution in [2.75, 3.05) is 0 Å². The molecule has 1 aromatic rings. The van der Waals surface area contributed by atoms with E-state index in [1.54, 1.807) is 32.9 Å². The molecule has 0 aliphatic heterocycles. The van der Waals surface area contributed by atoms with Gasteiger partial charge in [0.1, 0.15) is 0 Å². The normalized spacial score (nSPS) is 12.5. The third-order valence-electron chi connectivity index (χ3n) is 2.74. The molecule has 0 saturated carbocycles. The van der Waals surface area contributed by atoms with E-state index < -0.39 is 16.8 Å². The van der Waals surface area contributed by atoms with Crippen LogP contribution < -0.4 is 0 Å². The molecule has 0 fully saturated rings. The second-order valence-electron chi connectivity index (χ2n) is 4.32. The average molecular weight is 237 g/mol. The molecule has 0 spiro atoms. The number of carboxylic acid groups (broad SMARTS) is 1. The molecule has 0 aliphatic rings. The number of nitrogens with zero attached hydrogens (tertiary/aromatic N) is 1. The first-order valence-electron chi connectivity index (χ1n) is 5.33. The van der Waals surface area contributed by atoms with Crippen LogP contribution in [0.1, 0.15) is 30.9 Å². The molecule has 5 heteroatoms. The van der Waals surface area contributed by atoms with E-state index in [9.17, 15) is 20.0 Å². The summed E-state index contributed by atoms with van der Waals surface area (Å²) >= 11 is 0. The van der Waals surface area contributed by atoms with Crippen LogP contribution in [0, 0.1) is 23.0 Å². The van der Waals surface area contributed by atoms with Crippen molar-refractivity contribution in [2.45, 2.75) is 26.7 Å². The number of carboxylic acids is 1. The van der Waals surface area contributed by atoms with Gasteiger partial charge < -0.3 is 5.11 Å². The SMILES string of the molecule is Cc1cccc([N+](=O)[O-])c1C(C(=O)O)C(C)C. The highest BCUT2D eigenvalue weighted by Crippen LogP contribution is 2.34. The molecule has 5 nitrogen and oxygen atoms in total. The molecule has 1 N–H and O–H groups in total. The molecule has 0 saturated heterocycles. The predicted octanol–water partition coefficient (Wildman–Crippen LogP) is 2.73. The summed E-state index contributed by atoms with van der Waals surface area (Å²) in [6, 6.07) is 4.61. The smallest absolute Gasteiger partial charge is 0.311 e. The number of hydrogen-bond acceptors (Lipinski definition) is 3. The third-order valence-corrected chi connectivity index (χ3v) is 2.74. The highest BCUT2D eigenvalue weighted by atomic mass is 16.6. The van der Waals surface area contributed by atoms with Crippen LogP contribution in [0.15, 0.2) is 18.2 Å². The standard InChI is InChI=1S/C12H15NO4/c1-7(2)10(12(14)15)11-8(3)5-4-6-9(11)13(16)17/h4-7,10H,1-3H3,(H,14,15). The van der Waals surface area contributed by atoms with Gasteiger partial charge in [0.05, 0.1) is 10.8 Å². The Bertz CT molecular complexity index is 454. The largest absolute Gasteiger partial charge is 0.481 e. The van der Waals surface area contributed by atoms with Gasteiger partial charge in [-0.1, -0.05) is 26.0 Å². The molecule has 1 unspecified atom stereocenters. The van der Waals surface area contributed by atoms with Crippen LogP contribution in [0.3, 0.4) is 0 Å². The third kappa shape index (κ3) is 2.61. The van der Waals surface area contributed by atoms with Crippen molar-refractivity contribution in [3.8, 4) is 0 Å². The molecule has 0 heterocycles. The molecule has 0 aliphatic carbocycles. The lowest BCUT2D eigenvalue weighted by atomic mass is 9.85. The van der Waals surface area contributed by atoms with Gasteiger partial charge in [0.15, 0.2) is 0 Å². The van der Waals surface area contributed by atoms with Crippen molar-refractivity contribution in [1.82, 2.24) is 0 Å². The van der Waals surface area contributed by atoms with Gasteiger partial charge in [-0.2, -0.15) is 0 Å². The van der Waals surface area contributed by atoms with Gasteiger partial charge in [0.25, 0.3) is 5.69 Å². The summed E-state index contributed by atoms with van der Waals surface area (Å²) in [5.41, 5.74) is 0.825. The zero-order valence-corrected chi connectivity index (χ0v) is 10.0. The maximum absolute atomic E-state index is 11.2. The molecule has 1 aromatic carbocycles. The lowest BCUT2D eigenvalue weighted by Gasteiger charge is -2.18. The maximum atomic E-state index is 11.2. The van der Waals surface area contributed by atoms with Gasteiger partial charge >= 0.3 is 5.97 Å². The van der Waals surface area contributed by atoms with Gasteiger partial charge in [0.2, 0.25) is 0 Å². The minimum atomic E-state index is -1.03. The number of benzene rings is 1. The molecular formula is C12H15NO4. The maximum Gasteiger partial charge on any atom is 0.311 e. The number of hydrogen-bond donors (Lipinski definition) is 1. The highest BCUT2D eigenvalue weighted by molar-refractivity contribution is 5.79. The van der Waals surface area contributed by atoms with E-state index in [-0.39, 0.29) is 11.6 Å². The number of aryl methyl sites for hydroxylation is 1. The zero-order chi connectivity index (χ0) is 13.2. The van der Waals surface area contributed by atoms with Crippen LogP contribution >= 0.6 is 0 Å². The Morgan fingerprint density at radius 3 is 2.41 bits per heavy atom. The molecule has 1 atom stereocenters. The van der Waals surface area contributed by atoms with E-state index in [4.69, 9.17) is 0 Å². The first-order valence-corrected chi connectivity index (χ1v) is 5.33. The Morgan fingerprint density at radius 2 is 2.00 bits per heavy atom. The summed E-state index contributed by atoms with van der Waals surface area (Å²) in [5.74, 6) is -2.08. The van der Waals surface area contributed by atoms with Crippen molar-refractivity contribution >= 4 is 11.7 Å². The quantitative estimate of drug-likeness (QED) is 0.644. The summed E-state index contributed by atoms with van der Waals surface area (Å²) < 4.78 is 0. The van der Waals surface area contributed by atoms with Crippen LogP contribution in [0.25, 0.3) is 0 Å². The number of carbonyl (C=O) groups is 1. The van der Waals surface area contributed by atoms with E-state index in [2.05, 4.69) is 0 Å². The van der Waals surface area contributed by atoms with Crippen LogP contribution in [-0.2, 0) is 4.79 Å². The second kappa shape index (κ2) is 4.95. The zero-order valence-electron chi connectivity index (χ0n) is 10.0. The molecule has 1 rings (SSSR count). The fraction of sp³-hybridized carbons (Fsp3) is 0.417. The summed E-state index contributed by atoms with van der Waals surface area (Å²) in [4.78, 5) is 21.7. The summed E-state index contributed by atoms with van der Waals surface area (Å²) in [5, 5.41) is 20.1. The molecule has 17 heavy (non-hydrogen) atoms. The van der Waals surface area contributed by atoms with Crippen LogP contribution in [0.2, 0.25) is 0 Å². The Morgan fingerprint density at radius 1 is 1.41 bits per heavy atom. The summed E-state index contributed by atoms with van der Waals surface area (Å²) in [6.45, 7) is 5.19. The Labute approximate surface area is 99.2 Å². The lowest BCUT2D eigenvalue weighted by molar-refractivity contribution is -0.385. The first kappa shape index (κ1) is 13.2. The van der Waals surface area contributed by atoms with E-state index in [1.807, 2.05) is 0 Å². The van der Waals surface area contributed by atoms with Gasteiger partial charge in [-0.05, 0) is 18.4 Å². The minimum Gasteiger partial charge on any atom is -0.481 e. The van der Waals surface area contributed by atoms with Crippen molar-refractivity contribution in [3.63, 3.8) is 0 Å². The molecule has 0 radical (unpaired) electrons. The van der Waals surface area contributed by atoms with Crippen LogP contribution in [-0.4, -0.2) is 16.0 Å². The van der Waals surface area contributed by atoms with E-state index in [0.29, 0.717) is 11.1 Å². The van der Waals surface area contributed by atoms with E-state index in [0.717, 1.165) is 0 Å². The lowest BCUT2D eigenvalue weighted by Crippen LogP contribution is -2.19. The average Bonchev–Trinajstić information content (AvgIpc) is 2.19. The Kier molecular flexibility index (Phi) is 3.83. The van der Waals surface area contributed by atoms with Crippen molar-refractivity contribution in [2.24, 2.45) is 5.92 Å². The molecule has 0 bridgehead atoms. The van der Waals surface area contributed by atoms with E-state index >= 15 is 0 Å². The van der Waals surface area contributed by atoms with Gasteiger partial charge in [-0.15, -0.1) is 0 Å². The number of nitro benzene ring substituents is 1. The molecule has 92 valence electrons. The van der Waals surface area contributed by atoms with Crippen molar-refractivity contribution in [3.05, 3.63) is 39.4 Å². The Hall–Kier alpha value is -1.91. The van der Waals surface area contributed by atoms with Crippen molar-refractivity contribution < 1.29 is 14.8 Å². The number of nitro groups is 1. The van der Waals surface area contributed by atoms with Crippen LogP contribution in [0.5, 0.6) is 0 Å². The van der Waals surface area contributed by atoms with Gasteiger partial charge in [0, 0.05) is 11.6 Å². The number of aliphatic carboxylic acids is 1. The number of rotatable bonds is 4. The summed E-state index contributed by atoms with van der Waals surface area (Å²) in [7, 11) is 0. The molecule has 0 aromatic heterocycles.